The molecule has 3 atom stereocenters. The molecule has 0 aliphatic carbocycles. The molecule has 2 aromatic carbocycles. The summed E-state index contributed by atoms with van der Waals surface area (Å²) < 4.78 is 11.0. The largest absolute Gasteiger partial charge is 0.464 e. The van der Waals surface area contributed by atoms with Gasteiger partial charge in [-0.3, -0.25) is 14.4 Å². The summed E-state index contributed by atoms with van der Waals surface area (Å²) in [4.78, 5) is 61.1. The summed E-state index contributed by atoms with van der Waals surface area (Å²) in [7, 11) is 0. The predicted molar refractivity (Wildman–Crippen MR) is 209 cm³/mol. The molecule has 0 spiro atoms. The first-order chi connectivity index (χ1) is 25.8. The SMILES string of the molecule is O=C(CCCCCNC(=O)CCCC[C@@H]1SC[C@@H]2NC(=O)N[C@@H]21)NCCCCCC(=O)Nc1ccc2c(Cl)c(OCCc3ccccc3)oc(=O)c2c1. The lowest BCUT2D eigenvalue weighted by atomic mass is 10.0. The van der Waals surface area contributed by atoms with E-state index >= 15 is 0 Å². The van der Waals surface area contributed by atoms with Crippen molar-refractivity contribution in [1.82, 2.24) is 21.3 Å². The molecule has 2 aliphatic rings. The summed E-state index contributed by atoms with van der Waals surface area (Å²) >= 11 is 8.38. The molecule has 0 radical (unpaired) electrons. The van der Waals surface area contributed by atoms with Gasteiger partial charge in [-0.25, -0.2) is 9.59 Å². The first-order valence-corrected chi connectivity index (χ1v) is 20.1. The molecule has 1 aromatic heterocycles. The Labute approximate surface area is 319 Å². The van der Waals surface area contributed by atoms with Crippen LogP contribution in [0.2, 0.25) is 5.02 Å². The number of thioether (sulfide) groups is 1. The predicted octanol–water partition coefficient (Wildman–Crippen LogP) is 6.09. The van der Waals surface area contributed by atoms with Crippen molar-refractivity contribution in [3.8, 4) is 5.95 Å². The molecule has 2 fully saturated rings. The number of rotatable bonds is 22. The number of amides is 5. The zero-order valence-electron chi connectivity index (χ0n) is 30.0. The van der Waals surface area contributed by atoms with E-state index in [4.69, 9.17) is 20.8 Å². The minimum absolute atomic E-state index is 0.0122. The average molecular weight is 768 g/mol. The Bertz CT molecular complexity index is 1760. The molecule has 2 aliphatic heterocycles. The van der Waals surface area contributed by atoms with Gasteiger partial charge in [-0.1, -0.05) is 67.3 Å². The van der Waals surface area contributed by atoms with E-state index in [0.717, 1.165) is 62.7 Å². The number of carbonyl (C=O) groups is 4. The molecule has 53 heavy (non-hydrogen) atoms. The minimum Gasteiger partial charge on any atom is -0.464 e. The third-order valence-electron chi connectivity index (χ3n) is 9.48. The summed E-state index contributed by atoms with van der Waals surface area (Å²) in [5.74, 6) is 0.832. The van der Waals surface area contributed by atoms with E-state index in [0.29, 0.717) is 68.1 Å². The van der Waals surface area contributed by atoms with Crippen molar-refractivity contribution in [2.45, 2.75) is 101 Å². The van der Waals surface area contributed by atoms with Crippen LogP contribution in [0.4, 0.5) is 10.5 Å². The topological polar surface area (TPSA) is 168 Å². The van der Waals surface area contributed by atoms with Gasteiger partial charge in [0.05, 0.1) is 24.1 Å². The zero-order valence-corrected chi connectivity index (χ0v) is 31.6. The molecule has 12 nitrogen and oxygen atoms in total. The molecule has 0 unspecified atom stereocenters. The first kappa shape index (κ1) is 40.0. The third kappa shape index (κ3) is 12.7. The maximum Gasteiger partial charge on any atom is 0.346 e. The normalized spacial score (nSPS) is 17.5. The summed E-state index contributed by atoms with van der Waals surface area (Å²) in [5, 5.41) is 16.1. The van der Waals surface area contributed by atoms with Gasteiger partial charge in [0.15, 0.2) is 0 Å². The van der Waals surface area contributed by atoms with Crippen molar-refractivity contribution >= 4 is 63.6 Å². The first-order valence-electron chi connectivity index (χ1n) is 18.7. The number of carbonyl (C=O) groups excluding carboxylic acids is 4. The highest BCUT2D eigenvalue weighted by molar-refractivity contribution is 8.00. The van der Waals surface area contributed by atoms with E-state index in [1.54, 1.807) is 18.2 Å². The zero-order chi connectivity index (χ0) is 37.4. The number of unbranched alkanes of at least 4 members (excludes halogenated alkanes) is 5. The summed E-state index contributed by atoms with van der Waals surface area (Å²) in [6, 6.07) is 15.1. The van der Waals surface area contributed by atoms with Crippen molar-refractivity contribution < 1.29 is 28.3 Å². The van der Waals surface area contributed by atoms with Gasteiger partial charge in [0.1, 0.15) is 5.02 Å². The molecule has 286 valence electrons. The highest BCUT2D eigenvalue weighted by atomic mass is 35.5. The van der Waals surface area contributed by atoms with Crippen LogP contribution in [0.5, 0.6) is 5.95 Å². The Morgan fingerprint density at radius 3 is 2.21 bits per heavy atom. The molecular formula is C39H50ClN5O7S. The summed E-state index contributed by atoms with van der Waals surface area (Å²) in [6.07, 6.45) is 9.40. The fourth-order valence-corrected chi connectivity index (χ4v) is 8.38. The molecule has 14 heteroatoms. The Morgan fingerprint density at radius 1 is 0.811 bits per heavy atom. The standard InChI is InChI=1S/C39H50ClN5O7S/c40-35-28-19-18-27(24-29(28)37(49)52-38(35)51-23-20-26-12-4-1-5-13-26)43-34(48)17-7-3-11-22-41-32(46)15-6-2-10-21-42-33(47)16-9-8-14-31-36-30(25-53-31)44-39(50)45-36/h1,4-5,12-13,18-19,24,30-31,36H,2-3,6-11,14-17,20-23,25H2,(H,41,46)(H,42,47)(H,43,48)(H2,44,45,50)/t30-,31-,36-/m0/s1. The lowest BCUT2D eigenvalue weighted by Gasteiger charge is -2.16. The number of nitrogens with one attached hydrogen (secondary N) is 5. The van der Waals surface area contributed by atoms with Crippen molar-refractivity contribution in [3.63, 3.8) is 0 Å². The average Bonchev–Trinajstić information content (AvgIpc) is 3.71. The molecule has 2 saturated heterocycles. The molecule has 5 N–H and O–H groups in total. The third-order valence-corrected chi connectivity index (χ3v) is 11.3. The van der Waals surface area contributed by atoms with Gasteiger partial charge in [0.2, 0.25) is 17.7 Å². The highest BCUT2D eigenvalue weighted by Gasteiger charge is 2.42. The van der Waals surface area contributed by atoms with E-state index in [9.17, 15) is 24.0 Å². The number of ether oxygens (including phenoxy) is 1. The van der Waals surface area contributed by atoms with Gasteiger partial charge >= 0.3 is 17.6 Å². The molecular weight excluding hydrogens is 718 g/mol. The molecule has 0 saturated carbocycles. The monoisotopic (exact) mass is 767 g/mol. The van der Waals surface area contributed by atoms with E-state index in [1.807, 2.05) is 42.1 Å². The van der Waals surface area contributed by atoms with Crippen LogP contribution >= 0.6 is 23.4 Å². The van der Waals surface area contributed by atoms with Crippen molar-refractivity contribution in [1.29, 1.82) is 0 Å². The Morgan fingerprint density at radius 2 is 1.49 bits per heavy atom. The number of anilines is 1. The van der Waals surface area contributed by atoms with Crippen LogP contribution in [0.15, 0.2) is 57.7 Å². The quantitative estimate of drug-likeness (QED) is 0.0606. The minimum atomic E-state index is -0.600. The van der Waals surface area contributed by atoms with Crippen LogP contribution < -0.4 is 36.9 Å². The second kappa shape index (κ2) is 20.9. The smallest absolute Gasteiger partial charge is 0.346 e. The summed E-state index contributed by atoms with van der Waals surface area (Å²) in [6.45, 7) is 1.47. The van der Waals surface area contributed by atoms with Gasteiger partial charge in [-0.2, -0.15) is 11.8 Å². The van der Waals surface area contributed by atoms with Gasteiger partial charge in [0.25, 0.3) is 0 Å². The van der Waals surface area contributed by atoms with Gasteiger partial charge in [0, 0.05) is 60.8 Å². The van der Waals surface area contributed by atoms with Crippen LogP contribution in [0.1, 0.15) is 82.6 Å². The van der Waals surface area contributed by atoms with Crippen LogP contribution in [-0.2, 0) is 20.8 Å². The van der Waals surface area contributed by atoms with Crippen LogP contribution in [0.25, 0.3) is 10.8 Å². The Kier molecular flexibility index (Phi) is 15.7. The van der Waals surface area contributed by atoms with E-state index in [2.05, 4.69) is 26.6 Å². The second-order valence-electron chi connectivity index (χ2n) is 13.6. The number of urea groups is 1. The van der Waals surface area contributed by atoms with Crippen molar-refractivity contribution in [3.05, 3.63) is 69.5 Å². The van der Waals surface area contributed by atoms with E-state index < -0.39 is 5.63 Å². The van der Waals surface area contributed by atoms with E-state index in [1.165, 1.54) is 0 Å². The maximum absolute atomic E-state index is 12.7. The second-order valence-corrected chi connectivity index (χ2v) is 15.2. The summed E-state index contributed by atoms with van der Waals surface area (Å²) in [5.41, 5.74) is 0.965. The van der Waals surface area contributed by atoms with Crippen LogP contribution in [0, 0.1) is 0 Å². The van der Waals surface area contributed by atoms with Crippen LogP contribution in [0.3, 0.4) is 0 Å². The number of benzene rings is 2. The lowest BCUT2D eigenvalue weighted by Crippen LogP contribution is -2.36. The highest BCUT2D eigenvalue weighted by Crippen LogP contribution is 2.34. The number of hydrogen-bond acceptors (Lipinski definition) is 8. The van der Waals surface area contributed by atoms with Crippen LogP contribution in [-0.4, -0.2) is 66.5 Å². The fourth-order valence-electron chi connectivity index (χ4n) is 6.58. The Balaban J connectivity index is 0.852. The molecule has 0 bridgehead atoms. The molecule has 3 heterocycles. The molecule has 5 rings (SSSR count). The fraction of sp³-hybridized carbons (Fsp3) is 0.513. The molecule has 3 aromatic rings. The lowest BCUT2D eigenvalue weighted by molar-refractivity contribution is -0.122. The number of hydrogen-bond donors (Lipinski definition) is 5. The number of halogens is 1. The van der Waals surface area contributed by atoms with Gasteiger partial charge in [-0.05, 0) is 56.2 Å². The maximum atomic E-state index is 12.7. The number of fused-ring (bicyclic) bond motifs is 2. The van der Waals surface area contributed by atoms with Gasteiger partial charge in [-0.15, -0.1) is 0 Å². The van der Waals surface area contributed by atoms with E-state index in [-0.39, 0.29) is 52.2 Å². The van der Waals surface area contributed by atoms with Crippen molar-refractivity contribution in [2.75, 3.05) is 30.8 Å². The Hall–Kier alpha value is -4.23. The van der Waals surface area contributed by atoms with Crippen molar-refractivity contribution in [2.24, 2.45) is 0 Å². The van der Waals surface area contributed by atoms with Gasteiger partial charge < -0.3 is 35.7 Å². The molecule has 5 amide bonds.